The topological polar surface area (TPSA) is 141 Å². The van der Waals surface area contributed by atoms with E-state index in [1.165, 1.54) is 38.5 Å². The molecule has 3 aliphatic rings. The van der Waals surface area contributed by atoms with Crippen LogP contribution in [-0.2, 0) is 40.6 Å². The molecule has 4 aromatic carbocycles. The first-order valence-electron chi connectivity index (χ1n) is 14.4. The lowest BCUT2D eigenvalue weighted by molar-refractivity contribution is -0.164. The molecule has 0 fully saturated rings. The molecule has 0 saturated heterocycles. The standard InChI is InChI=1S/C34H28N4O6S2/c1-43-31-29-25-17-9-11-19-27(25)33(21-35,37(31)45(39,40)23-13-5-3-6-14-23)34(22-36)28-20-12-10-18-26(28)30(29)32(44-2)38(34)46(41,42)24-15-7-4-8-16-24/h3-20,29-32H,1-2H3/t29-,30-,31-,32+,33+,34+/m0/s1. The third-order valence-electron chi connectivity index (χ3n) is 9.47. The molecule has 4 bridgehead atoms. The highest BCUT2D eigenvalue weighted by atomic mass is 32.2. The minimum Gasteiger partial charge on any atom is -0.365 e. The maximum Gasteiger partial charge on any atom is 0.247 e. The SMILES string of the molecule is CO[C@@H]1[C@H]2c3ccccc3[C@@](C#N)(N1S(=O)(=O)c1ccccc1)[C@@]1(C#N)c3ccccc3[C@@H]2[C@H](OC)N1S(=O)(=O)c1ccccc1. The Labute approximate surface area is 267 Å². The normalized spacial score (nSPS) is 28.7. The van der Waals surface area contributed by atoms with Crippen molar-refractivity contribution in [3.63, 3.8) is 0 Å². The zero-order chi connectivity index (χ0) is 32.5. The number of ether oxygens (including phenoxy) is 2. The van der Waals surface area contributed by atoms with Crippen molar-refractivity contribution in [2.24, 2.45) is 0 Å². The lowest BCUT2D eigenvalue weighted by atomic mass is 9.55. The first-order valence-corrected chi connectivity index (χ1v) is 17.3. The van der Waals surface area contributed by atoms with E-state index in [1.807, 2.05) is 0 Å². The Morgan fingerprint density at radius 1 is 0.565 bits per heavy atom. The fraction of sp³-hybridized carbons (Fsp3) is 0.235. The van der Waals surface area contributed by atoms with E-state index in [9.17, 15) is 27.4 Å². The summed E-state index contributed by atoms with van der Waals surface area (Å²) in [7, 11) is -6.63. The summed E-state index contributed by atoms with van der Waals surface area (Å²) in [6.45, 7) is 0. The molecule has 10 nitrogen and oxygen atoms in total. The van der Waals surface area contributed by atoms with E-state index in [0.717, 1.165) is 8.61 Å². The molecule has 46 heavy (non-hydrogen) atoms. The Morgan fingerprint density at radius 3 is 1.22 bits per heavy atom. The maximum absolute atomic E-state index is 15.0. The van der Waals surface area contributed by atoms with E-state index in [4.69, 9.17) is 9.47 Å². The molecule has 0 saturated carbocycles. The van der Waals surface area contributed by atoms with Gasteiger partial charge in [-0.3, -0.25) is 0 Å². The number of hydrogen-bond donors (Lipinski definition) is 0. The molecule has 12 heteroatoms. The number of nitrogens with zero attached hydrogens (tertiary/aromatic N) is 4. The van der Waals surface area contributed by atoms with Gasteiger partial charge in [-0.25, -0.2) is 16.8 Å². The van der Waals surface area contributed by atoms with E-state index < -0.39 is 55.4 Å². The molecule has 2 aliphatic heterocycles. The van der Waals surface area contributed by atoms with Crippen LogP contribution < -0.4 is 0 Å². The van der Waals surface area contributed by atoms with Gasteiger partial charge in [-0.05, 0) is 46.5 Å². The fourth-order valence-electron chi connectivity index (χ4n) is 7.81. The van der Waals surface area contributed by atoms with Crippen LogP contribution >= 0.6 is 0 Å². The summed E-state index contributed by atoms with van der Waals surface area (Å²) in [6.07, 6.45) is -2.69. The van der Waals surface area contributed by atoms with Crippen LogP contribution in [0.1, 0.15) is 34.1 Å². The van der Waals surface area contributed by atoms with Crippen molar-refractivity contribution in [3.8, 4) is 12.1 Å². The van der Waals surface area contributed by atoms with Crippen molar-refractivity contribution < 1.29 is 26.3 Å². The van der Waals surface area contributed by atoms with E-state index in [2.05, 4.69) is 12.1 Å². The van der Waals surface area contributed by atoms with Crippen molar-refractivity contribution in [3.05, 3.63) is 131 Å². The molecule has 7 rings (SSSR count). The summed E-state index contributed by atoms with van der Waals surface area (Å²) in [5, 5.41) is 23.3. The van der Waals surface area contributed by atoms with Crippen LogP contribution in [0.5, 0.6) is 0 Å². The second-order valence-electron chi connectivity index (χ2n) is 11.4. The highest BCUT2D eigenvalue weighted by Crippen LogP contribution is 2.67. The van der Waals surface area contributed by atoms with Gasteiger partial charge in [0, 0.05) is 26.1 Å². The van der Waals surface area contributed by atoms with Gasteiger partial charge >= 0.3 is 0 Å². The number of nitriles is 2. The van der Waals surface area contributed by atoms with Gasteiger partial charge in [0.05, 0.1) is 21.9 Å². The number of rotatable bonds is 6. The van der Waals surface area contributed by atoms with Crippen LogP contribution in [0.3, 0.4) is 0 Å². The molecule has 0 N–H and O–H groups in total. The van der Waals surface area contributed by atoms with E-state index in [1.54, 1.807) is 84.9 Å². The highest BCUT2D eigenvalue weighted by Gasteiger charge is 2.78. The van der Waals surface area contributed by atoms with Gasteiger partial charge < -0.3 is 9.47 Å². The molecule has 1 aliphatic carbocycles. The summed E-state index contributed by atoms with van der Waals surface area (Å²) in [4.78, 5) is -0.290. The van der Waals surface area contributed by atoms with Gasteiger partial charge in [-0.1, -0.05) is 84.9 Å². The molecule has 0 aromatic heterocycles. The largest absolute Gasteiger partial charge is 0.365 e. The first-order chi connectivity index (χ1) is 22.2. The van der Waals surface area contributed by atoms with Gasteiger partial charge in [-0.15, -0.1) is 8.61 Å². The molecule has 232 valence electrons. The van der Waals surface area contributed by atoms with Crippen molar-refractivity contribution in [1.82, 2.24) is 8.61 Å². The summed E-state index contributed by atoms with van der Waals surface area (Å²) in [5.41, 5.74) is -3.53. The van der Waals surface area contributed by atoms with Crippen LogP contribution in [0, 0.1) is 22.7 Å². The molecule has 0 spiro atoms. The van der Waals surface area contributed by atoms with Gasteiger partial charge in [-0.2, -0.15) is 10.5 Å². The average Bonchev–Trinajstić information content (AvgIpc) is 3.09. The lowest BCUT2D eigenvalue weighted by Gasteiger charge is -2.65. The quantitative estimate of drug-likeness (QED) is 0.299. The zero-order valence-electron chi connectivity index (χ0n) is 24.8. The Bertz CT molecular complexity index is 2000. The van der Waals surface area contributed by atoms with Crippen LogP contribution in [0.4, 0.5) is 0 Å². The predicted octanol–water partition coefficient (Wildman–Crippen LogP) is 4.36. The van der Waals surface area contributed by atoms with Crippen molar-refractivity contribution >= 4 is 20.0 Å². The van der Waals surface area contributed by atoms with Crippen LogP contribution in [0.15, 0.2) is 119 Å². The fourth-order valence-corrected chi connectivity index (χ4v) is 11.5. The average molecular weight is 653 g/mol. The van der Waals surface area contributed by atoms with Crippen LogP contribution in [0.25, 0.3) is 0 Å². The number of hydrogen-bond acceptors (Lipinski definition) is 8. The summed E-state index contributed by atoms with van der Waals surface area (Å²) >= 11 is 0. The number of benzene rings is 4. The van der Waals surface area contributed by atoms with E-state index in [0.29, 0.717) is 11.1 Å². The van der Waals surface area contributed by atoms with Crippen molar-refractivity contribution in [1.29, 1.82) is 10.5 Å². The number of methoxy groups -OCH3 is 2. The summed E-state index contributed by atoms with van der Waals surface area (Å²) in [5.74, 6) is -1.75. The number of fused-ring (bicyclic) bond motifs is 2. The molecule has 2 heterocycles. The van der Waals surface area contributed by atoms with Gasteiger partial charge in [0.25, 0.3) is 0 Å². The minimum absolute atomic E-state index is 0.145. The van der Waals surface area contributed by atoms with Gasteiger partial charge in [0.1, 0.15) is 12.5 Å². The monoisotopic (exact) mass is 652 g/mol. The zero-order valence-corrected chi connectivity index (χ0v) is 26.4. The molecular formula is C34H28N4O6S2. The molecule has 0 radical (unpaired) electrons. The van der Waals surface area contributed by atoms with Crippen LogP contribution in [0.2, 0.25) is 0 Å². The lowest BCUT2D eigenvalue weighted by Crippen LogP contribution is -2.78. The van der Waals surface area contributed by atoms with E-state index >= 15 is 0 Å². The molecular weight excluding hydrogens is 625 g/mol. The number of sulfonamides is 2. The molecule has 6 atom stereocenters. The van der Waals surface area contributed by atoms with Crippen LogP contribution in [-0.4, -0.2) is 52.1 Å². The van der Waals surface area contributed by atoms with Crippen molar-refractivity contribution in [2.75, 3.05) is 14.2 Å². The second-order valence-corrected chi connectivity index (χ2v) is 15.0. The third kappa shape index (κ3) is 3.57. The maximum atomic E-state index is 15.0. The molecule has 4 aromatic rings. The van der Waals surface area contributed by atoms with Gasteiger partial charge in [0.2, 0.25) is 20.0 Å². The Kier molecular flexibility index (Phi) is 6.96. The van der Waals surface area contributed by atoms with E-state index in [-0.39, 0.29) is 20.9 Å². The first kappa shape index (κ1) is 30.3. The second kappa shape index (κ2) is 10.6. The Hall–Kier alpha value is -4.40. The molecule has 0 unspecified atom stereocenters. The van der Waals surface area contributed by atoms with Crippen molar-refractivity contribution in [2.45, 2.75) is 45.2 Å². The Balaban J connectivity index is 1.74. The van der Waals surface area contributed by atoms with Gasteiger partial charge in [0.15, 0.2) is 11.1 Å². The summed E-state index contributed by atoms with van der Waals surface area (Å²) in [6, 6.07) is 33.2. The Morgan fingerprint density at radius 2 is 0.891 bits per heavy atom. The third-order valence-corrected chi connectivity index (χ3v) is 13.2. The highest BCUT2D eigenvalue weighted by molar-refractivity contribution is 7.89. The smallest absolute Gasteiger partial charge is 0.247 e. The predicted molar refractivity (Wildman–Crippen MR) is 165 cm³/mol. The molecule has 0 amide bonds. The minimum atomic E-state index is -4.67. The summed E-state index contributed by atoms with van der Waals surface area (Å²) < 4.78 is 74.0.